The van der Waals surface area contributed by atoms with Crippen LogP contribution in [0.15, 0.2) is 12.1 Å². The van der Waals surface area contributed by atoms with E-state index in [0.29, 0.717) is 6.29 Å². The van der Waals surface area contributed by atoms with Gasteiger partial charge in [0.2, 0.25) is 0 Å². The van der Waals surface area contributed by atoms with Crippen molar-refractivity contribution >= 4 is 17.9 Å². The summed E-state index contributed by atoms with van der Waals surface area (Å²) in [5.41, 5.74) is 0.155. The van der Waals surface area contributed by atoms with Crippen LogP contribution in [0.3, 0.4) is 0 Å². The molecule has 0 unspecified atom stereocenters. The largest absolute Gasteiger partial charge is 0.504 e. The molecule has 0 radical (unpaired) electrons. The molecule has 0 aliphatic carbocycles. The molecule has 0 fully saturated rings. The van der Waals surface area contributed by atoms with E-state index in [1.54, 1.807) is 0 Å². The molecule has 5 heteroatoms. The predicted octanol–water partition coefficient (Wildman–Crippen LogP) is 2.82. The van der Waals surface area contributed by atoms with Crippen molar-refractivity contribution in [3.05, 3.63) is 22.7 Å². The van der Waals surface area contributed by atoms with Crippen molar-refractivity contribution in [1.82, 2.24) is 5.32 Å². The summed E-state index contributed by atoms with van der Waals surface area (Å²) in [5, 5.41) is 20.8. The molecule has 0 aliphatic rings. The zero-order valence-electron chi connectivity index (χ0n) is 10.9. The van der Waals surface area contributed by atoms with Gasteiger partial charge in [0, 0.05) is 5.56 Å². The van der Waals surface area contributed by atoms with Crippen LogP contribution in [0, 0.1) is 5.92 Å². The molecule has 0 heterocycles. The van der Waals surface area contributed by atoms with Gasteiger partial charge in [0.1, 0.15) is 0 Å². The Kier molecular flexibility index (Phi) is 8.16. The molecule has 1 rings (SSSR count). The molecule has 0 saturated carbocycles. The van der Waals surface area contributed by atoms with Crippen LogP contribution in [0.1, 0.15) is 30.6 Å². The lowest BCUT2D eigenvalue weighted by Gasteiger charge is -2.00. The lowest BCUT2D eigenvalue weighted by molar-refractivity contribution is 0.112. The number of carbonyl (C=O) groups is 1. The summed E-state index contributed by atoms with van der Waals surface area (Å²) < 4.78 is 0. The van der Waals surface area contributed by atoms with Crippen LogP contribution in [0.25, 0.3) is 0 Å². The zero-order chi connectivity index (χ0) is 14.1. The third-order valence-electron chi connectivity index (χ3n) is 2.22. The zero-order valence-corrected chi connectivity index (χ0v) is 11.7. The number of nitrogens with one attached hydrogen (secondary N) is 1. The average Bonchev–Trinajstić information content (AvgIpc) is 2.34. The molecule has 0 aromatic heterocycles. The van der Waals surface area contributed by atoms with E-state index in [1.165, 1.54) is 18.6 Å². The minimum atomic E-state index is -0.462. The van der Waals surface area contributed by atoms with Gasteiger partial charge in [0.05, 0.1) is 5.02 Å². The van der Waals surface area contributed by atoms with Gasteiger partial charge in [0.25, 0.3) is 0 Å². The highest BCUT2D eigenvalue weighted by molar-refractivity contribution is 6.34. The first kappa shape index (κ1) is 16.7. The number of hydrogen-bond acceptors (Lipinski definition) is 4. The highest BCUT2D eigenvalue weighted by Crippen LogP contribution is 2.34. The van der Waals surface area contributed by atoms with Gasteiger partial charge >= 0.3 is 0 Å². The fraction of sp³-hybridized carbons (Fsp3) is 0.462. The molecule has 0 saturated heterocycles. The van der Waals surface area contributed by atoms with E-state index in [1.807, 2.05) is 7.05 Å². The molecule has 0 spiro atoms. The Balaban J connectivity index is 0.000000360. The summed E-state index contributed by atoms with van der Waals surface area (Å²) >= 11 is 5.46. The molecule has 1 aromatic carbocycles. The van der Waals surface area contributed by atoms with Crippen molar-refractivity contribution in [3.8, 4) is 11.5 Å². The monoisotopic (exact) mass is 273 g/mol. The minimum absolute atomic E-state index is 0.125. The summed E-state index contributed by atoms with van der Waals surface area (Å²) in [6.45, 7) is 5.62. The summed E-state index contributed by atoms with van der Waals surface area (Å²) in [5.74, 6) is 0.0457. The first-order valence-corrected chi connectivity index (χ1v) is 6.12. The third kappa shape index (κ3) is 5.89. The van der Waals surface area contributed by atoms with Crippen molar-refractivity contribution in [1.29, 1.82) is 0 Å². The van der Waals surface area contributed by atoms with Gasteiger partial charge in [-0.1, -0.05) is 25.4 Å². The second-order valence-corrected chi connectivity index (χ2v) is 4.62. The molecular formula is C13H20ClNO3. The Morgan fingerprint density at radius 3 is 2.39 bits per heavy atom. The van der Waals surface area contributed by atoms with E-state index in [0.717, 1.165) is 12.5 Å². The van der Waals surface area contributed by atoms with Gasteiger partial charge in [-0.15, -0.1) is 0 Å². The number of carbonyl (C=O) groups excluding carboxylic acids is 1. The van der Waals surface area contributed by atoms with Crippen LogP contribution in [-0.2, 0) is 0 Å². The van der Waals surface area contributed by atoms with E-state index in [4.69, 9.17) is 21.8 Å². The number of rotatable bonds is 4. The fourth-order valence-electron chi connectivity index (χ4n) is 1.09. The molecular weight excluding hydrogens is 254 g/mol. The summed E-state index contributed by atoms with van der Waals surface area (Å²) in [4.78, 5) is 10.2. The fourth-order valence-corrected chi connectivity index (χ4v) is 1.30. The van der Waals surface area contributed by atoms with Gasteiger partial charge in [0.15, 0.2) is 17.8 Å². The molecule has 3 N–H and O–H groups in total. The number of halogens is 1. The molecule has 0 aliphatic heterocycles. The van der Waals surface area contributed by atoms with Gasteiger partial charge in [-0.3, -0.25) is 4.79 Å². The van der Waals surface area contributed by atoms with E-state index < -0.39 is 5.75 Å². The standard InChI is InChI=1S/C7H5ClO3.C6H15N/c8-6-4(3-9)1-2-5(10)7(6)11;1-6(2)4-5-7-3/h1-3,10-11H;6-7H,4-5H2,1-3H3. The van der Waals surface area contributed by atoms with Gasteiger partial charge < -0.3 is 15.5 Å². The highest BCUT2D eigenvalue weighted by Gasteiger charge is 2.08. The second kappa shape index (κ2) is 8.78. The Labute approximate surface area is 113 Å². The van der Waals surface area contributed by atoms with Gasteiger partial charge in [-0.2, -0.15) is 0 Å². The quantitative estimate of drug-likeness (QED) is 0.583. The second-order valence-electron chi connectivity index (χ2n) is 4.24. The van der Waals surface area contributed by atoms with Crippen molar-refractivity contribution in [2.24, 2.45) is 5.92 Å². The Bertz CT molecular complexity index is 381. The van der Waals surface area contributed by atoms with Crippen LogP contribution >= 0.6 is 11.6 Å². The van der Waals surface area contributed by atoms with E-state index in [2.05, 4.69) is 19.2 Å². The topological polar surface area (TPSA) is 69.6 Å². The normalized spacial score (nSPS) is 9.83. The Hall–Kier alpha value is -1.26. The maximum absolute atomic E-state index is 10.2. The maximum Gasteiger partial charge on any atom is 0.177 e. The number of phenolic OH excluding ortho intramolecular Hbond substituents is 2. The molecule has 0 bridgehead atoms. The van der Waals surface area contributed by atoms with Crippen LogP contribution in [-0.4, -0.2) is 30.1 Å². The lowest BCUT2D eigenvalue weighted by atomic mass is 10.1. The molecule has 4 nitrogen and oxygen atoms in total. The Morgan fingerprint density at radius 2 is 2.00 bits per heavy atom. The van der Waals surface area contributed by atoms with Gasteiger partial charge in [-0.25, -0.2) is 0 Å². The molecule has 1 aromatic rings. The van der Waals surface area contributed by atoms with Crippen molar-refractivity contribution in [2.75, 3.05) is 13.6 Å². The minimum Gasteiger partial charge on any atom is -0.504 e. The van der Waals surface area contributed by atoms with Gasteiger partial charge in [-0.05, 0) is 38.1 Å². The first-order chi connectivity index (χ1) is 8.43. The lowest BCUT2D eigenvalue weighted by Crippen LogP contribution is -2.09. The average molecular weight is 274 g/mol. The number of phenols is 2. The van der Waals surface area contributed by atoms with E-state index in [-0.39, 0.29) is 16.3 Å². The molecule has 0 amide bonds. The summed E-state index contributed by atoms with van der Waals surface area (Å²) in [6, 6.07) is 2.52. The SMILES string of the molecule is CNCCC(C)C.O=Cc1ccc(O)c(O)c1Cl. The third-order valence-corrected chi connectivity index (χ3v) is 2.62. The van der Waals surface area contributed by atoms with Crippen LogP contribution in [0.2, 0.25) is 5.02 Å². The predicted molar refractivity (Wildman–Crippen MR) is 73.6 cm³/mol. The molecule has 102 valence electrons. The highest BCUT2D eigenvalue weighted by atomic mass is 35.5. The first-order valence-electron chi connectivity index (χ1n) is 5.74. The van der Waals surface area contributed by atoms with Crippen LogP contribution < -0.4 is 5.32 Å². The smallest absolute Gasteiger partial charge is 0.177 e. The van der Waals surface area contributed by atoms with E-state index in [9.17, 15) is 4.79 Å². The summed E-state index contributed by atoms with van der Waals surface area (Å²) in [6.07, 6.45) is 1.79. The van der Waals surface area contributed by atoms with E-state index >= 15 is 0 Å². The maximum atomic E-state index is 10.2. The van der Waals surface area contributed by atoms with Crippen LogP contribution in [0.4, 0.5) is 0 Å². The van der Waals surface area contributed by atoms with Crippen molar-refractivity contribution < 1.29 is 15.0 Å². The number of benzene rings is 1. The summed E-state index contributed by atoms with van der Waals surface area (Å²) in [7, 11) is 1.99. The number of hydrogen-bond donors (Lipinski definition) is 3. The number of aromatic hydroxyl groups is 2. The van der Waals surface area contributed by atoms with Crippen LogP contribution in [0.5, 0.6) is 11.5 Å². The Morgan fingerprint density at radius 1 is 1.39 bits per heavy atom. The van der Waals surface area contributed by atoms with Crippen molar-refractivity contribution in [3.63, 3.8) is 0 Å². The molecule has 18 heavy (non-hydrogen) atoms. The number of aldehydes is 1. The molecule has 0 atom stereocenters. The van der Waals surface area contributed by atoms with Crippen molar-refractivity contribution in [2.45, 2.75) is 20.3 Å².